The van der Waals surface area contributed by atoms with Crippen molar-refractivity contribution < 1.29 is 19.5 Å². The summed E-state index contributed by atoms with van der Waals surface area (Å²) < 4.78 is 0. The highest BCUT2D eigenvalue weighted by Crippen LogP contribution is 1.97. The Kier molecular flexibility index (Phi) is 8.77. The smallest absolute Gasteiger partial charge is 0.320 e. The first-order valence-corrected chi connectivity index (χ1v) is 5.80. The quantitative estimate of drug-likeness (QED) is 0.421. The Morgan fingerprint density at radius 3 is 2.61 bits per heavy atom. The Labute approximate surface area is 107 Å². The van der Waals surface area contributed by atoms with Crippen molar-refractivity contribution in [3.05, 3.63) is 0 Å². The van der Waals surface area contributed by atoms with Crippen molar-refractivity contribution in [1.82, 2.24) is 15.5 Å². The number of hydrogen-bond donors (Lipinski definition) is 3. The second-order valence-corrected chi connectivity index (χ2v) is 4.00. The fraction of sp³-hybridized carbons (Fsp3) is 0.727. The topological polar surface area (TPSA) is 98.7 Å². The van der Waals surface area contributed by atoms with Crippen molar-refractivity contribution in [2.45, 2.75) is 18.9 Å². The van der Waals surface area contributed by atoms with Crippen molar-refractivity contribution >= 4 is 18.2 Å². The van der Waals surface area contributed by atoms with Gasteiger partial charge in [-0.25, -0.2) is 0 Å². The van der Waals surface area contributed by atoms with E-state index >= 15 is 0 Å². The maximum Gasteiger partial charge on any atom is 0.320 e. The van der Waals surface area contributed by atoms with Crippen LogP contribution in [0.4, 0.5) is 0 Å². The molecule has 104 valence electrons. The lowest BCUT2D eigenvalue weighted by Crippen LogP contribution is -2.37. The fourth-order valence-electron chi connectivity index (χ4n) is 1.36. The van der Waals surface area contributed by atoms with Crippen LogP contribution in [0.3, 0.4) is 0 Å². The van der Waals surface area contributed by atoms with Gasteiger partial charge in [0, 0.05) is 19.5 Å². The molecule has 7 nitrogen and oxygen atoms in total. The number of amides is 1. The summed E-state index contributed by atoms with van der Waals surface area (Å²) in [6.07, 6.45) is 1.21. The lowest BCUT2D eigenvalue weighted by molar-refractivity contribution is -0.139. The van der Waals surface area contributed by atoms with Gasteiger partial charge in [0.05, 0.1) is 6.54 Å². The predicted molar refractivity (Wildman–Crippen MR) is 66.3 cm³/mol. The molecule has 0 radical (unpaired) electrons. The van der Waals surface area contributed by atoms with E-state index in [1.807, 2.05) is 0 Å². The Hall–Kier alpha value is -1.47. The normalized spacial score (nSPS) is 12.2. The predicted octanol–water partition coefficient (Wildman–Crippen LogP) is -1.31. The molecule has 0 heterocycles. The molecule has 0 bridgehead atoms. The molecule has 3 N–H and O–H groups in total. The van der Waals surface area contributed by atoms with Crippen LogP contribution in [-0.4, -0.2) is 67.9 Å². The van der Waals surface area contributed by atoms with E-state index < -0.39 is 12.0 Å². The van der Waals surface area contributed by atoms with Crippen molar-refractivity contribution in [3.63, 3.8) is 0 Å². The van der Waals surface area contributed by atoms with E-state index in [4.69, 9.17) is 5.11 Å². The molecule has 0 aliphatic rings. The molecule has 0 aliphatic carbocycles. The van der Waals surface area contributed by atoms with Crippen LogP contribution < -0.4 is 10.6 Å². The van der Waals surface area contributed by atoms with Crippen LogP contribution in [0.25, 0.3) is 0 Å². The lowest BCUT2D eigenvalue weighted by atomic mass is 10.1. The molecule has 1 amide bonds. The number of carboxylic acid groups (broad SMARTS) is 1. The number of nitrogens with zero attached hydrogens (tertiary/aromatic N) is 1. The summed E-state index contributed by atoms with van der Waals surface area (Å²) >= 11 is 0. The average molecular weight is 259 g/mol. The van der Waals surface area contributed by atoms with Crippen LogP contribution in [-0.2, 0) is 14.4 Å². The number of carbonyl (C=O) groups is 3. The highest BCUT2D eigenvalue weighted by atomic mass is 16.4. The first-order valence-electron chi connectivity index (χ1n) is 5.80. The molecule has 0 fully saturated rings. The molecule has 0 spiro atoms. The highest BCUT2D eigenvalue weighted by molar-refractivity contribution is 5.78. The van der Waals surface area contributed by atoms with Gasteiger partial charge < -0.3 is 20.5 Å². The van der Waals surface area contributed by atoms with Gasteiger partial charge in [-0.15, -0.1) is 0 Å². The molecule has 0 aromatic carbocycles. The first-order chi connectivity index (χ1) is 8.51. The zero-order chi connectivity index (χ0) is 14.0. The molecular weight excluding hydrogens is 238 g/mol. The number of hydrogen-bond acceptors (Lipinski definition) is 5. The number of carboxylic acids is 1. The minimum atomic E-state index is -0.962. The summed E-state index contributed by atoms with van der Waals surface area (Å²) in [6.45, 7) is 1.36. The Morgan fingerprint density at radius 1 is 1.44 bits per heavy atom. The summed E-state index contributed by atoms with van der Waals surface area (Å²) in [6, 6.07) is -0.700. The molecule has 1 atom stereocenters. The van der Waals surface area contributed by atoms with Crippen molar-refractivity contribution in [2.24, 2.45) is 0 Å². The van der Waals surface area contributed by atoms with Crippen LogP contribution in [0, 0.1) is 0 Å². The molecular formula is C11H21N3O4. The van der Waals surface area contributed by atoms with E-state index in [1.165, 1.54) is 0 Å². The number of carbonyl (C=O) groups excluding carboxylic acids is 2. The molecule has 0 aromatic heterocycles. The second-order valence-electron chi connectivity index (χ2n) is 4.00. The monoisotopic (exact) mass is 259 g/mol. The number of likely N-dealkylation sites (N-methyl/N-ethyl adjacent to an activating group) is 2. The summed E-state index contributed by atoms with van der Waals surface area (Å²) in [7, 11) is 3.33. The van der Waals surface area contributed by atoms with Crippen molar-refractivity contribution in [1.29, 1.82) is 0 Å². The van der Waals surface area contributed by atoms with Gasteiger partial charge in [0.15, 0.2) is 0 Å². The van der Waals surface area contributed by atoms with E-state index in [0.717, 1.165) is 6.29 Å². The Morgan fingerprint density at radius 2 is 2.11 bits per heavy atom. The van der Waals surface area contributed by atoms with Crippen LogP contribution >= 0.6 is 0 Å². The van der Waals surface area contributed by atoms with E-state index in [2.05, 4.69) is 10.6 Å². The molecule has 18 heavy (non-hydrogen) atoms. The maximum atomic E-state index is 11.4. The third-order valence-electron chi connectivity index (χ3n) is 2.51. The second kappa shape index (κ2) is 9.55. The minimum Gasteiger partial charge on any atom is -0.480 e. The van der Waals surface area contributed by atoms with Gasteiger partial charge in [-0.3, -0.25) is 14.5 Å². The van der Waals surface area contributed by atoms with Gasteiger partial charge in [0.1, 0.15) is 12.3 Å². The lowest BCUT2D eigenvalue weighted by Gasteiger charge is -2.14. The summed E-state index contributed by atoms with van der Waals surface area (Å²) in [4.78, 5) is 34.1. The van der Waals surface area contributed by atoms with Gasteiger partial charge >= 0.3 is 5.97 Å². The number of nitrogens with one attached hydrogen (secondary N) is 2. The molecule has 0 saturated heterocycles. The molecule has 0 aliphatic heterocycles. The van der Waals surface area contributed by atoms with Gasteiger partial charge in [-0.2, -0.15) is 0 Å². The number of aldehydes is 1. The highest BCUT2D eigenvalue weighted by Gasteiger charge is 2.15. The zero-order valence-electron chi connectivity index (χ0n) is 10.8. The zero-order valence-corrected chi connectivity index (χ0v) is 10.8. The SMILES string of the molecule is CNC(CCC(=O)NCCN(C)CC=O)C(=O)O. The van der Waals surface area contributed by atoms with Crippen molar-refractivity contribution in [2.75, 3.05) is 33.7 Å². The Balaban J connectivity index is 3.71. The summed E-state index contributed by atoms with van der Waals surface area (Å²) in [5.41, 5.74) is 0. The van der Waals surface area contributed by atoms with E-state index in [-0.39, 0.29) is 18.7 Å². The minimum absolute atomic E-state index is 0.162. The third-order valence-corrected chi connectivity index (χ3v) is 2.51. The molecule has 0 aromatic rings. The molecule has 7 heteroatoms. The van der Waals surface area contributed by atoms with Gasteiger partial charge in [0.2, 0.25) is 5.91 Å². The van der Waals surface area contributed by atoms with Gasteiger partial charge in [0.25, 0.3) is 0 Å². The van der Waals surface area contributed by atoms with Crippen molar-refractivity contribution in [3.8, 4) is 0 Å². The van der Waals surface area contributed by atoms with E-state index in [0.29, 0.717) is 19.6 Å². The van der Waals surface area contributed by atoms with Gasteiger partial charge in [-0.05, 0) is 20.5 Å². The summed E-state index contributed by atoms with van der Waals surface area (Å²) in [5.74, 6) is -1.15. The summed E-state index contributed by atoms with van der Waals surface area (Å²) in [5, 5.41) is 14.1. The van der Waals surface area contributed by atoms with Crippen LogP contribution in [0.2, 0.25) is 0 Å². The van der Waals surface area contributed by atoms with Crippen LogP contribution in [0.1, 0.15) is 12.8 Å². The largest absolute Gasteiger partial charge is 0.480 e. The molecule has 0 rings (SSSR count). The molecule has 0 saturated carbocycles. The Bertz CT molecular complexity index is 283. The standard InChI is InChI=1S/C11H21N3O4/c1-12-9(11(17)18)3-4-10(16)13-5-6-14(2)7-8-15/h8-9,12H,3-7H2,1-2H3,(H,13,16)(H,17,18). The number of aliphatic carboxylic acids is 1. The average Bonchev–Trinajstić information content (AvgIpc) is 2.29. The third kappa shape index (κ3) is 7.75. The van der Waals surface area contributed by atoms with E-state index in [1.54, 1.807) is 19.0 Å². The molecule has 1 unspecified atom stereocenters. The number of rotatable bonds is 10. The first kappa shape index (κ1) is 16.5. The van der Waals surface area contributed by atoms with Crippen LogP contribution in [0.5, 0.6) is 0 Å². The maximum absolute atomic E-state index is 11.4. The van der Waals surface area contributed by atoms with Gasteiger partial charge in [-0.1, -0.05) is 0 Å². The van der Waals surface area contributed by atoms with Crippen LogP contribution in [0.15, 0.2) is 0 Å². The fourth-order valence-corrected chi connectivity index (χ4v) is 1.36. The van der Waals surface area contributed by atoms with E-state index in [9.17, 15) is 14.4 Å².